The second-order valence-electron chi connectivity index (χ2n) is 3.96. The summed E-state index contributed by atoms with van der Waals surface area (Å²) in [7, 11) is -3.99. The minimum absolute atomic E-state index is 0.0169. The van der Waals surface area contributed by atoms with Gasteiger partial charge in [-0.25, -0.2) is 22.8 Å². The van der Waals surface area contributed by atoms with Crippen molar-refractivity contribution in [3.63, 3.8) is 0 Å². The lowest BCUT2D eigenvalue weighted by atomic mass is 10.2. The summed E-state index contributed by atoms with van der Waals surface area (Å²) >= 11 is 3.08. The molecule has 0 bridgehead atoms. The predicted octanol–water partition coefficient (Wildman–Crippen LogP) is 2.07. The fraction of sp³-hybridized carbons (Fsp3) is 0.0909. The van der Waals surface area contributed by atoms with Crippen molar-refractivity contribution in [2.45, 2.75) is 11.8 Å². The lowest BCUT2D eigenvalue weighted by molar-refractivity contribution is 0.591. The minimum Gasteiger partial charge on any atom is -0.399 e. The summed E-state index contributed by atoms with van der Waals surface area (Å²) in [5, 5.41) is 0. The Labute approximate surface area is 123 Å². The molecule has 106 valence electrons. The summed E-state index contributed by atoms with van der Waals surface area (Å²) in [5.74, 6) is -0.664. The number of benzene rings is 1. The molecular weight excluding hydrogens is 351 g/mol. The van der Waals surface area contributed by atoms with E-state index in [1.165, 1.54) is 25.4 Å². The first-order chi connectivity index (χ1) is 9.29. The number of nitrogen functional groups attached to an aromatic ring is 1. The molecule has 0 saturated heterocycles. The zero-order chi connectivity index (χ0) is 14.9. The fourth-order valence-corrected chi connectivity index (χ4v) is 3.00. The van der Waals surface area contributed by atoms with E-state index in [1.54, 1.807) is 0 Å². The van der Waals surface area contributed by atoms with E-state index in [2.05, 4.69) is 30.6 Å². The van der Waals surface area contributed by atoms with E-state index < -0.39 is 15.8 Å². The molecule has 0 amide bonds. The molecule has 1 aromatic heterocycles. The van der Waals surface area contributed by atoms with E-state index in [1.807, 2.05) is 0 Å². The van der Waals surface area contributed by atoms with Crippen molar-refractivity contribution in [1.29, 1.82) is 0 Å². The van der Waals surface area contributed by atoms with Crippen LogP contribution in [-0.2, 0) is 10.0 Å². The van der Waals surface area contributed by atoms with Crippen molar-refractivity contribution in [2.75, 3.05) is 10.5 Å². The Morgan fingerprint density at radius 2 is 2.00 bits per heavy atom. The molecule has 2 rings (SSSR count). The molecule has 0 radical (unpaired) electrons. The molecule has 0 aliphatic heterocycles. The largest absolute Gasteiger partial charge is 0.399 e. The summed E-state index contributed by atoms with van der Waals surface area (Å²) in [6, 6.07) is 2.25. The number of hydrogen-bond donors (Lipinski definition) is 2. The third kappa shape index (κ3) is 3.05. The predicted molar refractivity (Wildman–Crippen MR) is 76.1 cm³/mol. The van der Waals surface area contributed by atoms with Gasteiger partial charge in [0.15, 0.2) is 5.82 Å². The Kier molecular flexibility index (Phi) is 3.91. The number of halogens is 2. The Morgan fingerprint density at radius 1 is 1.30 bits per heavy atom. The van der Waals surface area contributed by atoms with E-state index in [0.717, 1.165) is 6.07 Å². The van der Waals surface area contributed by atoms with Crippen molar-refractivity contribution >= 4 is 37.5 Å². The molecule has 0 atom stereocenters. The van der Waals surface area contributed by atoms with Gasteiger partial charge in [-0.3, -0.25) is 4.72 Å². The first kappa shape index (κ1) is 14.7. The van der Waals surface area contributed by atoms with E-state index in [-0.39, 0.29) is 22.0 Å². The van der Waals surface area contributed by atoms with Crippen molar-refractivity contribution < 1.29 is 12.8 Å². The van der Waals surface area contributed by atoms with Crippen molar-refractivity contribution in [2.24, 2.45) is 0 Å². The van der Waals surface area contributed by atoms with Crippen LogP contribution < -0.4 is 10.5 Å². The van der Waals surface area contributed by atoms with Crippen LogP contribution in [0.1, 0.15) is 5.56 Å². The van der Waals surface area contributed by atoms with Crippen LogP contribution in [0.5, 0.6) is 0 Å². The molecule has 1 heterocycles. The maximum Gasteiger partial charge on any atom is 0.263 e. The Hall–Kier alpha value is -1.74. The van der Waals surface area contributed by atoms with Crippen LogP contribution in [0.4, 0.5) is 15.9 Å². The van der Waals surface area contributed by atoms with Crippen LogP contribution >= 0.6 is 15.9 Å². The number of nitrogens with zero attached hydrogens (tertiary/aromatic N) is 2. The highest BCUT2D eigenvalue weighted by molar-refractivity contribution is 9.10. The smallest absolute Gasteiger partial charge is 0.263 e. The Balaban J connectivity index is 2.43. The third-order valence-corrected chi connectivity index (χ3v) is 4.36. The highest BCUT2D eigenvalue weighted by Gasteiger charge is 2.20. The van der Waals surface area contributed by atoms with Crippen LogP contribution in [0.25, 0.3) is 0 Å². The average molecular weight is 361 g/mol. The standard InChI is InChI=1S/C11H10BrFN4O2S/c1-6-8(13)2-7(14)3-9(6)20(18,19)17-11-5-15-10(12)4-16-11/h2-5H,14H2,1H3,(H,16,17). The van der Waals surface area contributed by atoms with Crippen LogP contribution in [0.15, 0.2) is 34.0 Å². The summed E-state index contributed by atoms with van der Waals surface area (Å²) < 4.78 is 40.6. The summed E-state index contributed by atoms with van der Waals surface area (Å²) in [5.41, 5.74) is 5.48. The number of anilines is 2. The lowest BCUT2D eigenvalue weighted by Crippen LogP contribution is -2.16. The normalized spacial score (nSPS) is 11.3. The van der Waals surface area contributed by atoms with Crippen molar-refractivity contribution in [3.05, 3.63) is 40.5 Å². The molecule has 9 heteroatoms. The molecule has 20 heavy (non-hydrogen) atoms. The van der Waals surface area contributed by atoms with Gasteiger partial charge in [0.05, 0.1) is 17.3 Å². The summed E-state index contributed by atoms with van der Waals surface area (Å²) in [6.45, 7) is 1.36. The molecular formula is C11H10BrFN4O2S. The Morgan fingerprint density at radius 3 is 2.60 bits per heavy atom. The van der Waals surface area contributed by atoms with Gasteiger partial charge in [0.2, 0.25) is 0 Å². The third-order valence-electron chi connectivity index (χ3n) is 2.47. The molecule has 0 spiro atoms. The number of nitrogens with two attached hydrogens (primary N) is 1. The maximum atomic E-state index is 13.6. The van der Waals surface area contributed by atoms with Crippen LogP contribution in [0.2, 0.25) is 0 Å². The molecule has 6 nitrogen and oxygen atoms in total. The number of sulfonamides is 1. The molecule has 0 unspecified atom stereocenters. The first-order valence-corrected chi connectivity index (χ1v) is 7.63. The second-order valence-corrected chi connectivity index (χ2v) is 6.42. The highest BCUT2D eigenvalue weighted by atomic mass is 79.9. The summed E-state index contributed by atoms with van der Waals surface area (Å²) in [4.78, 5) is 7.45. The van der Waals surface area contributed by atoms with Gasteiger partial charge in [-0.15, -0.1) is 0 Å². The van der Waals surface area contributed by atoms with Gasteiger partial charge in [0.25, 0.3) is 10.0 Å². The monoisotopic (exact) mass is 360 g/mol. The van der Waals surface area contributed by atoms with Gasteiger partial charge in [0, 0.05) is 11.3 Å². The first-order valence-electron chi connectivity index (χ1n) is 5.35. The van der Waals surface area contributed by atoms with Gasteiger partial charge in [-0.05, 0) is 35.0 Å². The van der Waals surface area contributed by atoms with Gasteiger partial charge in [-0.1, -0.05) is 0 Å². The van der Waals surface area contributed by atoms with Crippen molar-refractivity contribution in [3.8, 4) is 0 Å². The van der Waals surface area contributed by atoms with E-state index in [4.69, 9.17) is 5.73 Å². The molecule has 0 aliphatic carbocycles. The number of nitrogens with one attached hydrogen (secondary N) is 1. The summed E-state index contributed by atoms with van der Waals surface area (Å²) in [6.07, 6.45) is 2.57. The van der Waals surface area contributed by atoms with Gasteiger partial charge in [-0.2, -0.15) is 0 Å². The van der Waals surface area contributed by atoms with E-state index >= 15 is 0 Å². The SMILES string of the molecule is Cc1c(F)cc(N)cc1S(=O)(=O)Nc1cnc(Br)cn1. The van der Waals surface area contributed by atoms with Gasteiger partial charge >= 0.3 is 0 Å². The zero-order valence-corrected chi connectivity index (χ0v) is 12.7. The molecule has 2 aromatic rings. The lowest BCUT2D eigenvalue weighted by Gasteiger charge is -2.11. The van der Waals surface area contributed by atoms with E-state index in [9.17, 15) is 12.8 Å². The molecule has 0 saturated carbocycles. The molecule has 0 fully saturated rings. The van der Waals surface area contributed by atoms with Gasteiger partial charge in [0.1, 0.15) is 10.4 Å². The average Bonchev–Trinajstić information content (AvgIpc) is 2.36. The van der Waals surface area contributed by atoms with Gasteiger partial charge < -0.3 is 5.73 Å². The molecule has 0 aliphatic rings. The molecule has 3 N–H and O–H groups in total. The quantitative estimate of drug-likeness (QED) is 0.816. The second kappa shape index (κ2) is 5.33. The van der Waals surface area contributed by atoms with Crippen LogP contribution in [0.3, 0.4) is 0 Å². The highest BCUT2D eigenvalue weighted by Crippen LogP contribution is 2.23. The maximum absolute atomic E-state index is 13.6. The number of aromatic nitrogens is 2. The topological polar surface area (TPSA) is 98.0 Å². The van der Waals surface area contributed by atoms with Crippen LogP contribution in [0, 0.1) is 12.7 Å². The number of hydrogen-bond acceptors (Lipinski definition) is 5. The zero-order valence-electron chi connectivity index (χ0n) is 10.3. The number of rotatable bonds is 3. The van der Waals surface area contributed by atoms with E-state index in [0.29, 0.717) is 4.60 Å². The van der Waals surface area contributed by atoms with Crippen LogP contribution in [-0.4, -0.2) is 18.4 Å². The minimum atomic E-state index is -3.99. The molecule has 1 aromatic carbocycles. The van der Waals surface area contributed by atoms with Crippen molar-refractivity contribution in [1.82, 2.24) is 9.97 Å². The fourth-order valence-electron chi connectivity index (χ4n) is 1.51. The Bertz CT molecular complexity index is 750.